The molecule has 0 bridgehead atoms. The Kier molecular flexibility index (Phi) is 2.63. The molecule has 0 saturated carbocycles. The Morgan fingerprint density at radius 1 is 1.15 bits per heavy atom. The van der Waals surface area contributed by atoms with Crippen molar-refractivity contribution in [3.63, 3.8) is 0 Å². The smallest absolute Gasteiger partial charge is 0.213 e. The van der Waals surface area contributed by atoms with Crippen molar-refractivity contribution in [3.8, 4) is 24.7 Å². The second kappa shape index (κ2) is 3.54. The number of terminal acetylenes is 2. The van der Waals surface area contributed by atoms with Crippen LogP contribution in [-0.2, 0) is 5.60 Å². The van der Waals surface area contributed by atoms with Crippen molar-refractivity contribution in [1.29, 1.82) is 0 Å². The van der Waals surface area contributed by atoms with Crippen LogP contribution in [0.15, 0.2) is 24.3 Å². The number of hydrogen-bond donors (Lipinski definition) is 1. The number of halogens is 1. The first kappa shape index (κ1) is 9.68. The molecular formula is C11H7ClO. The third-order valence-corrected chi connectivity index (χ3v) is 1.93. The number of hydrogen-bond acceptors (Lipinski definition) is 1. The van der Waals surface area contributed by atoms with E-state index in [0.29, 0.717) is 10.6 Å². The van der Waals surface area contributed by atoms with E-state index in [1.807, 2.05) is 0 Å². The van der Waals surface area contributed by atoms with Crippen molar-refractivity contribution < 1.29 is 5.11 Å². The van der Waals surface area contributed by atoms with Gasteiger partial charge in [0.05, 0.1) is 0 Å². The molecule has 0 unspecified atom stereocenters. The second-order valence-electron chi connectivity index (χ2n) is 2.51. The Balaban J connectivity index is 3.18. The highest BCUT2D eigenvalue weighted by Crippen LogP contribution is 2.21. The summed E-state index contributed by atoms with van der Waals surface area (Å²) >= 11 is 5.66. The zero-order chi connectivity index (χ0) is 9.90. The average molecular weight is 191 g/mol. The molecule has 0 heterocycles. The molecule has 0 fully saturated rings. The third kappa shape index (κ3) is 1.84. The quantitative estimate of drug-likeness (QED) is 0.670. The molecule has 2 heteroatoms. The Morgan fingerprint density at radius 2 is 1.62 bits per heavy atom. The van der Waals surface area contributed by atoms with Gasteiger partial charge in [0.2, 0.25) is 5.60 Å². The summed E-state index contributed by atoms with van der Waals surface area (Å²) in [5, 5.41) is 10.2. The minimum absolute atomic E-state index is 0.474. The Morgan fingerprint density at radius 3 is 2.00 bits per heavy atom. The molecule has 0 spiro atoms. The van der Waals surface area contributed by atoms with Crippen molar-refractivity contribution in [3.05, 3.63) is 34.9 Å². The molecule has 0 aromatic heterocycles. The molecule has 1 nitrogen and oxygen atoms in total. The van der Waals surface area contributed by atoms with Gasteiger partial charge in [-0.3, -0.25) is 0 Å². The first-order chi connectivity index (χ1) is 6.12. The van der Waals surface area contributed by atoms with E-state index in [0.717, 1.165) is 0 Å². The van der Waals surface area contributed by atoms with Crippen LogP contribution in [0.3, 0.4) is 0 Å². The standard InChI is InChI=1S/C11H7ClO/c1-3-11(13,4-2)9-5-7-10(12)8-6-9/h1-2,5-8,13H. The van der Waals surface area contributed by atoms with Crippen LogP contribution in [0.5, 0.6) is 0 Å². The largest absolute Gasteiger partial charge is 0.364 e. The predicted molar refractivity (Wildman–Crippen MR) is 53.0 cm³/mol. The Labute approximate surface area is 82.4 Å². The highest BCUT2D eigenvalue weighted by Gasteiger charge is 2.22. The van der Waals surface area contributed by atoms with E-state index >= 15 is 0 Å². The Hall–Kier alpha value is -1.41. The molecule has 1 N–H and O–H groups in total. The highest BCUT2D eigenvalue weighted by molar-refractivity contribution is 6.30. The van der Waals surface area contributed by atoms with E-state index in [2.05, 4.69) is 11.8 Å². The molecular weight excluding hydrogens is 184 g/mol. The fraction of sp³-hybridized carbons (Fsp3) is 0.0909. The molecule has 0 amide bonds. The first-order valence-corrected chi connectivity index (χ1v) is 3.94. The lowest BCUT2D eigenvalue weighted by atomic mass is 9.96. The molecule has 0 saturated heterocycles. The molecule has 1 aromatic carbocycles. The van der Waals surface area contributed by atoms with E-state index < -0.39 is 5.60 Å². The molecule has 0 aliphatic rings. The minimum Gasteiger partial charge on any atom is -0.364 e. The SMILES string of the molecule is C#CC(O)(C#C)c1ccc(Cl)cc1. The maximum absolute atomic E-state index is 9.68. The van der Waals surface area contributed by atoms with Crippen molar-refractivity contribution in [2.75, 3.05) is 0 Å². The van der Waals surface area contributed by atoms with E-state index in [-0.39, 0.29) is 0 Å². The van der Waals surface area contributed by atoms with Crippen LogP contribution in [0.1, 0.15) is 5.56 Å². The van der Waals surface area contributed by atoms with Gasteiger partial charge in [0.25, 0.3) is 0 Å². The van der Waals surface area contributed by atoms with Crippen LogP contribution >= 0.6 is 11.6 Å². The van der Waals surface area contributed by atoms with Gasteiger partial charge in [0, 0.05) is 10.6 Å². The summed E-state index contributed by atoms with van der Waals surface area (Å²) in [5.74, 6) is 4.28. The van der Waals surface area contributed by atoms with E-state index in [1.54, 1.807) is 24.3 Å². The highest BCUT2D eigenvalue weighted by atomic mass is 35.5. The van der Waals surface area contributed by atoms with Gasteiger partial charge in [0.1, 0.15) is 0 Å². The minimum atomic E-state index is -1.63. The van der Waals surface area contributed by atoms with Crippen LogP contribution in [0.2, 0.25) is 5.02 Å². The summed E-state index contributed by atoms with van der Waals surface area (Å²) in [6.45, 7) is 0. The van der Waals surface area contributed by atoms with Gasteiger partial charge >= 0.3 is 0 Å². The van der Waals surface area contributed by atoms with Gasteiger partial charge in [-0.2, -0.15) is 0 Å². The molecule has 64 valence electrons. The zero-order valence-corrected chi connectivity index (χ0v) is 7.55. The predicted octanol–water partition coefficient (Wildman–Crippen LogP) is 1.79. The summed E-state index contributed by atoms with van der Waals surface area (Å²) in [5.41, 5.74) is -1.16. The molecule has 1 aromatic rings. The number of aliphatic hydroxyl groups is 1. The van der Waals surface area contributed by atoms with Gasteiger partial charge in [-0.05, 0) is 12.1 Å². The summed E-state index contributed by atoms with van der Waals surface area (Å²) in [6.07, 6.45) is 10.2. The van der Waals surface area contributed by atoms with Crippen LogP contribution in [0, 0.1) is 24.7 Å². The molecule has 0 radical (unpaired) electrons. The van der Waals surface area contributed by atoms with Crippen LogP contribution < -0.4 is 0 Å². The van der Waals surface area contributed by atoms with E-state index in [9.17, 15) is 5.11 Å². The van der Waals surface area contributed by atoms with Gasteiger partial charge < -0.3 is 5.11 Å². The topological polar surface area (TPSA) is 20.2 Å². The maximum atomic E-state index is 9.68. The van der Waals surface area contributed by atoms with Gasteiger partial charge in [-0.1, -0.05) is 35.6 Å². The lowest BCUT2D eigenvalue weighted by molar-refractivity contribution is 0.165. The lowest BCUT2D eigenvalue weighted by Crippen LogP contribution is -2.20. The monoisotopic (exact) mass is 190 g/mol. The molecule has 0 aliphatic heterocycles. The first-order valence-electron chi connectivity index (χ1n) is 3.56. The number of benzene rings is 1. The maximum Gasteiger partial charge on any atom is 0.213 e. The fourth-order valence-corrected chi connectivity index (χ4v) is 1.03. The molecule has 13 heavy (non-hydrogen) atoms. The van der Waals surface area contributed by atoms with Gasteiger partial charge in [0.15, 0.2) is 0 Å². The summed E-state index contributed by atoms with van der Waals surface area (Å²) in [4.78, 5) is 0. The lowest BCUT2D eigenvalue weighted by Gasteiger charge is -2.14. The Bertz CT molecular complexity index is 364. The van der Waals surface area contributed by atoms with Crippen molar-refractivity contribution in [2.24, 2.45) is 0 Å². The van der Waals surface area contributed by atoms with Crippen LogP contribution in [0.25, 0.3) is 0 Å². The normalized spacial score (nSPS) is 10.2. The average Bonchev–Trinajstić information content (AvgIpc) is 2.18. The van der Waals surface area contributed by atoms with Crippen LogP contribution in [-0.4, -0.2) is 5.11 Å². The third-order valence-electron chi connectivity index (χ3n) is 1.68. The zero-order valence-electron chi connectivity index (χ0n) is 6.79. The van der Waals surface area contributed by atoms with Crippen LogP contribution in [0.4, 0.5) is 0 Å². The summed E-state index contributed by atoms with van der Waals surface area (Å²) < 4.78 is 0. The van der Waals surface area contributed by atoms with Crippen molar-refractivity contribution in [2.45, 2.75) is 5.60 Å². The van der Waals surface area contributed by atoms with Crippen molar-refractivity contribution >= 4 is 11.6 Å². The fourth-order valence-electron chi connectivity index (χ4n) is 0.899. The van der Waals surface area contributed by atoms with Gasteiger partial charge in [-0.25, -0.2) is 0 Å². The van der Waals surface area contributed by atoms with E-state index in [1.165, 1.54) is 0 Å². The van der Waals surface area contributed by atoms with Gasteiger partial charge in [-0.15, -0.1) is 12.8 Å². The number of rotatable bonds is 1. The molecule has 0 aliphatic carbocycles. The second-order valence-corrected chi connectivity index (χ2v) is 2.94. The molecule has 0 atom stereocenters. The van der Waals surface area contributed by atoms with Crippen molar-refractivity contribution in [1.82, 2.24) is 0 Å². The summed E-state index contributed by atoms with van der Waals surface area (Å²) in [6, 6.07) is 6.44. The summed E-state index contributed by atoms with van der Waals surface area (Å²) in [7, 11) is 0. The molecule has 1 rings (SSSR count). The van der Waals surface area contributed by atoms with E-state index in [4.69, 9.17) is 24.4 Å².